The van der Waals surface area contributed by atoms with Crippen LogP contribution in [0.25, 0.3) is 0 Å². The van der Waals surface area contributed by atoms with Crippen molar-refractivity contribution in [3.8, 4) is 11.5 Å². The van der Waals surface area contributed by atoms with Crippen molar-refractivity contribution in [2.75, 3.05) is 33.5 Å². The van der Waals surface area contributed by atoms with Crippen LogP contribution in [0.4, 0.5) is 0 Å². The van der Waals surface area contributed by atoms with Crippen molar-refractivity contribution in [2.45, 2.75) is 27.3 Å². The standard InChI is InChI=1S/C16H26BrNO3/c1-5-18-10-13-8-14(17)16(15(9-13)19-4)21-7-6-20-11-12(2)3/h8-9,12,18H,5-7,10-11H2,1-4H3. The molecule has 120 valence electrons. The van der Waals surface area contributed by atoms with Crippen molar-refractivity contribution in [1.82, 2.24) is 5.32 Å². The lowest BCUT2D eigenvalue weighted by Gasteiger charge is -2.15. The highest BCUT2D eigenvalue weighted by Crippen LogP contribution is 2.36. The van der Waals surface area contributed by atoms with Gasteiger partial charge in [0.15, 0.2) is 11.5 Å². The molecule has 0 heterocycles. The van der Waals surface area contributed by atoms with Gasteiger partial charge in [0, 0.05) is 13.2 Å². The molecule has 0 aromatic heterocycles. The molecule has 1 rings (SSSR count). The van der Waals surface area contributed by atoms with E-state index < -0.39 is 0 Å². The second kappa shape index (κ2) is 10.0. The van der Waals surface area contributed by atoms with Gasteiger partial charge in [0.1, 0.15) is 6.61 Å². The van der Waals surface area contributed by atoms with Gasteiger partial charge < -0.3 is 19.5 Å². The Morgan fingerprint density at radius 2 is 2.00 bits per heavy atom. The van der Waals surface area contributed by atoms with Gasteiger partial charge in [0.2, 0.25) is 0 Å². The first-order valence-corrected chi connectivity index (χ1v) is 8.15. The zero-order valence-corrected chi connectivity index (χ0v) is 15.0. The Hall–Kier alpha value is -0.780. The summed E-state index contributed by atoms with van der Waals surface area (Å²) >= 11 is 3.55. The lowest BCUT2D eigenvalue weighted by molar-refractivity contribution is 0.0808. The molecule has 1 aromatic carbocycles. The summed E-state index contributed by atoms with van der Waals surface area (Å²) in [6.45, 7) is 9.92. The van der Waals surface area contributed by atoms with Crippen LogP contribution in [0.2, 0.25) is 0 Å². The van der Waals surface area contributed by atoms with Crippen LogP contribution >= 0.6 is 15.9 Å². The highest BCUT2D eigenvalue weighted by molar-refractivity contribution is 9.10. The molecular weight excluding hydrogens is 334 g/mol. The van der Waals surface area contributed by atoms with E-state index in [-0.39, 0.29) is 0 Å². The third-order valence-corrected chi connectivity index (χ3v) is 3.38. The first-order valence-electron chi connectivity index (χ1n) is 7.36. The number of hydrogen-bond acceptors (Lipinski definition) is 4. The quantitative estimate of drug-likeness (QED) is 0.647. The fourth-order valence-corrected chi connectivity index (χ4v) is 2.41. The summed E-state index contributed by atoms with van der Waals surface area (Å²) in [5.41, 5.74) is 1.16. The zero-order valence-electron chi connectivity index (χ0n) is 13.4. The van der Waals surface area contributed by atoms with Crippen LogP contribution < -0.4 is 14.8 Å². The summed E-state index contributed by atoms with van der Waals surface area (Å²) in [6.07, 6.45) is 0. The molecule has 0 aliphatic heterocycles. The third kappa shape index (κ3) is 6.68. The average Bonchev–Trinajstić information content (AvgIpc) is 2.45. The van der Waals surface area contributed by atoms with Crippen LogP contribution in [0.15, 0.2) is 16.6 Å². The fourth-order valence-electron chi connectivity index (χ4n) is 1.81. The first-order chi connectivity index (χ1) is 10.1. The predicted octanol–water partition coefficient (Wildman–Crippen LogP) is 3.62. The number of benzene rings is 1. The second-order valence-corrected chi connectivity index (χ2v) is 6.06. The minimum absolute atomic E-state index is 0.508. The molecule has 0 saturated heterocycles. The van der Waals surface area contributed by atoms with Crippen molar-refractivity contribution >= 4 is 15.9 Å². The zero-order chi connectivity index (χ0) is 15.7. The van der Waals surface area contributed by atoms with E-state index in [9.17, 15) is 0 Å². The fraction of sp³-hybridized carbons (Fsp3) is 0.625. The van der Waals surface area contributed by atoms with E-state index in [1.165, 1.54) is 0 Å². The maximum atomic E-state index is 5.78. The third-order valence-electron chi connectivity index (χ3n) is 2.79. The van der Waals surface area contributed by atoms with Crippen LogP contribution in [0.5, 0.6) is 11.5 Å². The summed E-state index contributed by atoms with van der Waals surface area (Å²) in [5.74, 6) is 2.00. The van der Waals surface area contributed by atoms with Crippen LogP contribution in [0, 0.1) is 5.92 Å². The lowest BCUT2D eigenvalue weighted by atomic mass is 10.2. The average molecular weight is 360 g/mol. The number of halogens is 1. The summed E-state index contributed by atoms with van der Waals surface area (Å²) < 4.78 is 17.6. The minimum atomic E-state index is 0.508. The largest absolute Gasteiger partial charge is 0.493 e. The van der Waals surface area contributed by atoms with E-state index in [0.717, 1.165) is 41.2 Å². The van der Waals surface area contributed by atoms with E-state index in [1.807, 2.05) is 6.07 Å². The Bertz CT molecular complexity index is 424. The molecule has 1 N–H and O–H groups in total. The predicted molar refractivity (Wildman–Crippen MR) is 89.2 cm³/mol. The van der Waals surface area contributed by atoms with E-state index in [2.05, 4.69) is 48.1 Å². The van der Waals surface area contributed by atoms with Gasteiger partial charge in [-0.3, -0.25) is 0 Å². The summed E-state index contributed by atoms with van der Waals surface area (Å²) in [4.78, 5) is 0. The van der Waals surface area contributed by atoms with Crippen LogP contribution in [0.1, 0.15) is 26.3 Å². The topological polar surface area (TPSA) is 39.7 Å². The molecule has 1 aromatic rings. The minimum Gasteiger partial charge on any atom is -0.493 e. The molecule has 0 atom stereocenters. The Morgan fingerprint density at radius 1 is 1.24 bits per heavy atom. The SMILES string of the molecule is CCNCc1cc(Br)c(OCCOCC(C)C)c(OC)c1. The maximum Gasteiger partial charge on any atom is 0.175 e. The van der Waals surface area contributed by atoms with E-state index >= 15 is 0 Å². The van der Waals surface area contributed by atoms with Crippen molar-refractivity contribution in [3.63, 3.8) is 0 Å². The van der Waals surface area contributed by atoms with Gasteiger partial charge in [-0.2, -0.15) is 0 Å². The highest BCUT2D eigenvalue weighted by Gasteiger charge is 2.11. The maximum absolute atomic E-state index is 5.78. The number of ether oxygens (including phenoxy) is 3. The molecule has 0 aliphatic carbocycles. The molecule has 0 spiro atoms. The molecule has 0 saturated carbocycles. The van der Waals surface area contributed by atoms with Crippen molar-refractivity contribution in [3.05, 3.63) is 22.2 Å². The number of methoxy groups -OCH3 is 1. The van der Waals surface area contributed by atoms with Crippen molar-refractivity contribution in [2.24, 2.45) is 5.92 Å². The monoisotopic (exact) mass is 359 g/mol. The van der Waals surface area contributed by atoms with Gasteiger partial charge in [-0.25, -0.2) is 0 Å². The van der Waals surface area contributed by atoms with Crippen molar-refractivity contribution in [1.29, 1.82) is 0 Å². The Morgan fingerprint density at radius 3 is 2.62 bits per heavy atom. The molecule has 0 radical (unpaired) electrons. The Labute approximate surface area is 136 Å². The van der Waals surface area contributed by atoms with E-state index in [4.69, 9.17) is 14.2 Å². The summed E-state index contributed by atoms with van der Waals surface area (Å²) in [7, 11) is 1.65. The number of rotatable bonds is 10. The van der Waals surface area contributed by atoms with E-state index in [0.29, 0.717) is 19.1 Å². The Balaban J connectivity index is 2.60. The van der Waals surface area contributed by atoms with Gasteiger partial charge in [-0.15, -0.1) is 0 Å². The highest BCUT2D eigenvalue weighted by atomic mass is 79.9. The first kappa shape index (κ1) is 18.3. The summed E-state index contributed by atoms with van der Waals surface area (Å²) in [6, 6.07) is 4.05. The van der Waals surface area contributed by atoms with Gasteiger partial charge in [0.25, 0.3) is 0 Å². The molecule has 0 fully saturated rings. The molecule has 0 amide bonds. The lowest BCUT2D eigenvalue weighted by Crippen LogP contribution is -2.13. The molecule has 4 nitrogen and oxygen atoms in total. The second-order valence-electron chi connectivity index (χ2n) is 5.21. The van der Waals surface area contributed by atoms with Gasteiger partial charge in [-0.05, 0) is 46.1 Å². The molecule has 0 unspecified atom stereocenters. The van der Waals surface area contributed by atoms with Crippen LogP contribution in [0.3, 0.4) is 0 Å². The molecule has 5 heteroatoms. The van der Waals surface area contributed by atoms with Gasteiger partial charge >= 0.3 is 0 Å². The van der Waals surface area contributed by atoms with Crippen LogP contribution in [-0.2, 0) is 11.3 Å². The molecular formula is C16H26BrNO3. The molecule has 0 aliphatic rings. The number of hydrogen-bond donors (Lipinski definition) is 1. The van der Waals surface area contributed by atoms with Crippen molar-refractivity contribution < 1.29 is 14.2 Å². The van der Waals surface area contributed by atoms with Gasteiger partial charge in [-0.1, -0.05) is 20.8 Å². The van der Waals surface area contributed by atoms with E-state index in [1.54, 1.807) is 7.11 Å². The molecule has 0 bridgehead atoms. The smallest absolute Gasteiger partial charge is 0.175 e. The normalized spacial score (nSPS) is 11.0. The number of nitrogens with one attached hydrogen (secondary N) is 1. The summed E-state index contributed by atoms with van der Waals surface area (Å²) in [5, 5.41) is 3.30. The van der Waals surface area contributed by atoms with Crippen LogP contribution in [-0.4, -0.2) is 33.5 Å². The van der Waals surface area contributed by atoms with Gasteiger partial charge in [0.05, 0.1) is 18.2 Å². The molecule has 21 heavy (non-hydrogen) atoms. The Kier molecular flexibility index (Phi) is 8.73.